The first-order chi connectivity index (χ1) is 6.02. The molecule has 0 heterocycles. The number of amides is 1. The smallest absolute Gasteiger partial charge is 0.222 e. The lowest BCUT2D eigenvalue weighted by Gasteiger charge is -2.03. The van der Waals surface area contributed by atoms with Crippen molar-refractivity contribution in [2.75, 3.05) is 0 Å². The predicted octanol–water partition coefficient (Wildman–Crippen LogP) is 1.65. The van der Waals surface area contributed by atoms with Crippen LogP contribution >= 0.6 is 11.6 Å². The summed E-state index contributed by atoms with van der Waals surface area (Å²) in [4.78, 5) is 10.5. The lowest BCUT2D eigenvalue weighted by Crippen LogP contribution is -2.15. The van der Waals surface area contributed by atoms with Gasteiger partial charge in [-0.2, -0.15) is 0 Å². The largest absolute Gasteiger partial charge is 0.369 e. The summed E-state index contributed by atoms with van der Waals surface area (Å²) < 4.78 is 25.7. The van der Waals surface area contributed by atoms with Gasteiger partial charge in [0.15, 0.2) is 0 Å². The van der Waals surface area contributed by atoms with Gasteiger partial charge in [-0.15, -0.1) is 0 Å². The molecule has 2 N–H and O–H groups in total. The topological polar surface area (TPSA) is 43.1 Å². The van der Waals surface area contributed by atoms with Crippen LogP contribution in [-0.2, 0) is 11.2 Å². The minimum Gasteiger partial charge on any atom is -0.369 e. The van der Waals surface area contributed by atoms with E-state index >= 15 is 0 Å². The molecule has 1 aromatic carbocycles. The zero-order valence-electron chi connectivity index (χ0n) is 6.48. The first kappa shape index (κ1) is 9.92. The highest BCUT2D eigenvalue weighted by atomic mass is 35.5. The number of carbonyl (C=O) groups is 1. The van der Waals surface area contributed by atoms with Crippen LogP contribution in [0.5, 0.6) is 0 Å². The van der Waals surface area contributed by atoms with E-state index in [2.05, 4.69) is 0 Å². The van der Waals surface area contributed by atoms with Gasteiger partial charge in [-0.3, -0.25) is 4.79 Å². The molecule has 0 bridgehead atoms. The number of hydrogen-bond acceptors (Lipinski definition) is 1. The lowest BCUT2D eigenvalue weighted by atomic mass is 10.1. The third kappa shape index (κ3) is 2.15. The molecule has 1 rings (SSSR count). The number of nitrogens with two attached hydrogens (primary N) is 1. The number of hydrogen-bond donors (Lipinski definition) is 1. The molecule has 1 aromatic rings. The molecule has 0 aromatic heterocycles. The third-order valence-corrected chi connectivity index (χ3v) is 1.90. The van der Waals surface area contributed by atoms with E-state index in [1.54, 1.807) is 0 Å². The molecule has 0 fully saturated rings. The van der Waals surface area contributed by atoms with Crippen LogP contribution in [0.4, 0.5) is 8.78 Å². The van der Waals surface area contributed by atoms with Crippen LogP contribution in [0.15, 0.2) is 12.1 Å². The highest BCUT2D eigenvalue weighted by molar-refractivity contribution is 6.31. The molecule has 70 valence electrons. The summed E-state index contributed by atoms with van der Waals surface area (Å²) in [5.41, 5.74) is 4.63. The summed E-state index contributed by atoms with van der Waals surface area (Å²) in [6, 6.07) is 1.79. The molecule has 0 radical (unpaired) electrons. The van der Waals surface area contributed by atoms with E-state index in [1.807, 2.05) is 0 Å². The van der Waals surface area contributed by atoms with E-state index < -0.39 is 24.0 Å². The van der Waals surface area contributed by atoms with Gasteiger partial charge in [0.25, 0.3) is 0 Å². The van der Waals surface area contributed by atoms with Crippen molar-refractivity contribution in [3.05, 3.63) is 34.4 Å². The zero-order valence-corrected chi connectivity index (χ0v) is 7.24. The summed E-state index contributed by atoms with van der Waals surface area (Å²) in [6.07, 6.45) is -0.400. The Hall–Kier alpha value is -1.16. The van der Waals surface area contributed by atoms with Crippen molar-refractivity contribution in [3.63, 3.8) is 0 Å². The van der Waals surface area contributed by atoms with Gasteiger partial charge < -0.3 is 5.73 Å². The fourth-order valence-corrected chi connectivity index (χ4v) is 1.13. The van der Waals surface area contributed by atoms with E-state index in [0.29, 0.717) is 0 Å². The van der Waals surface area contributed by atoms with Gasteiger partial charge in [-0.1, -0.05) is 11.6 Å². The summed E-state index contributed by atoms with van der Waals surface area (Å²) in [5.74, 6) is -2.25. The van der Waals surface area contributed by atoms with E-state index in [9.17, 15) is 13.6 Å². The summed E-state index contributed by atoms with van der Waals surface area (Å²) in [5, 5.41) is -0.390. The number of halogens is 3. The van der Waals surface area contributed by atoms with E-state index in [4.69, 9.17) is 17.3 Å². The second-order valence-electron chi connectivity index (χ2n) is 2.46. The normalized spacial score (nSPS) is 10.1. The van der Waals surface area contributed by atoms with Gasteiger partial charge in [0, 0.05) is 5.56 Å². The van der Waals surface area contributed by atoms with Gasteiger partial charge in [0.05, 0.1) is 11.4 Å². The Balaban J connectivity index is 3.17. The standard InChI is InChI=1S/C8H6ClF2NO/c9-8-4(3-7(12)13)5(10)1-2-6(8)11/h1-2H,3H2,(H2,12,13). The molecule has 0 atom stereocenters. The SMILES string of the molecule is NC(=O)Cc1c(F)ccc(F)c1Cl. The molecular formula is C8H6ClF2NO. The van der Waals surface area contributed by atoms with E-state index in [1.165, 1.54) is 0 Å². The Morgan fingerprint density at radius 3 is 2.46 bits per heavy atom. The lowest BCUT2D eigenvalue weighted by molar-refractivity contribution is -0.117. The van der Waals surface area contributed by atoms with Crippen molar-refractivity contribution < 1.29 is 13.6 Å². The van der Waals surface area contributed by atoms with Crippen LogP contribution in [0.2, 0.25) is 5.02 Å². The van der Waals surface area contributed by atoms with Crippen molar-refractivity contribution in [1.29, 1.82) is 0 Å². The minimum atomic E-state index is -0.765. The molecule has 0 saturated carbocycles. The molecule has 0 aliphatic carbocycles. The van der Waals surface area contributed by atoms with Crippen LogP contribution in [0, 0.1) is 11.6 Å². The van der Waals surface area contributed by atoms with Crippen molar-refractivity contribution in [1.82, 2.24) is 0 Å². The molecule has 0 aliphatic heterocycles. The average molecular weight is 206 g/mol. The maximum absolute atomic E-state index is 12.9. The highest BCUT2D eigenvalue weighted by Crippen LogP contribution is 2.22. The maximum atomic E-state index is 12.9. The number of rotatable bonds is 2. The Kier molecular flexibility index (Phi) is 2.83. The molecule has 0 aliphatic rings. The molecular weight excluding hydrogens is 200 g/mol. The van der Waals surface area contributed by atoms with Gasteiger partial charge in [0.1, 0.15) is 11.6 Å². The Labute approximate surface area is 78.3 Å². The van der Waals surface area contributed by atoms with Crippen molar-refractivity contribution >= 4 is 17.5 Å². The van der Waals surface area contributed by atoms with Crippen molar-refractivity contribution in [2.45, 2.75) is 6.42 Å². The van der Waals surface area contributed by atoms with Crippen LogP contribution in [0.1, 0.15) is 5.56 Å². The first-order valence-corrected chi connectivity index (χ1v) is 3.81. The maximum Gasteiger partial charge on any atom is 0.222 e. The van der Waals surface area contributed by atoms with Crippen molar-refractivity contribution in [3.8, 4) is 0 Å². The minimum absolute atomic E-state index is 0.200. The Morgan fingerprint density at radius 1 is 1.38 bits per heavy atom. The fourth-order valence-electron chi connectivity index (χ4n) is 0.905. The second kappa shape index (κ2) is 3.70. The molecule has 0 saturated heterocycles. The molecule has 0 spiro atoms. The molecule has 1 amide bonds. The quantitative estimate of drug-likeness (QED) is 0.733. The molecule has 2 nitrogen and oxygen atoms in total. The highest BCUT2D eigenvalue weighted by Gasteiger charge is 2.13. The van der Waals surface area contributed by atoms with Crippen LogP contribution in [0.3, 0.4) is 0 Å². The summed E-state index contributed by atoms with van der Waals surface area (Å²) in [6.45, 7) is 0. The van der Waals surface area contributed by atoms with E-state index in [0.717, 1.165) is 12.1 Å². The fraction of sp³-hybridized carbons (Fsp3) is 0.125. The number of primary amides is 1. The van der Waals surface area contributed by atoms with Gasteiger partial charge in [-0.25, -0.2) is 8.78 Å². The molecule has 13 heavy (non-hydrogen) atoms. The Bertz CT molecular complexity index is 354. The van der Waals surface area contributed by atoms with Crippen LogP contribution < -0.4 is 5.73 Å². The van der Waals surface area contributed by atoms with Crippen LogP contribution in [-0.4, -0.2) is 5.91 Å². The monoisotopic (exact) mass is 205 g/mol. The van der Waals surface area contributed by atoms with Gasteiger partial charge >= 0.3 is 0 Å². The van der Waals surface area contributed by atoms with Gasteiger partial charge in [-0.05, 0) is 12.1 Å². The Morgan fingerprint density at radius 2 is 1.92 bits per heavy atom. The van der Waals surface area contributed by atoms with Crippen LogP contribution in [0.25, 0.3) is 0 Å². The zero-order chi connectivity index (χ0) is 10.0. The summed E-state index contributed by atoms with van der Waals surface area (Å²) in [7, 11) is 0. The average Bonchev–Trinajstić information content (AvgIpc) is 2.05. The summed E-state index contributed by atoms with van der Waals surface area (Å²) >= 11 is 5.42. The number of carbonyl (C=O) groups excluding carboxylic acids is 1. The van der Waals surface area contributed by atoms with E-state index in [-0.39, 0.29) is 10.6 Å². The third-order valence-electron chi connectivity index (χ3n) is 1.49. The predicted molar refractivity (Wildman–Crippen MR) is 44.3 cm³/mol. The first-order valence-electron chi connectivity index (χ1n) is 3.43. The molecule has 0 unspecified atom stereocenters. The van der Waals surface area contributed by atoms with Gasteiger partial charge in [0.2, 0.25) is 5.91 Å². The molecule has 5 heteroatoms. The van der Waals surface area contributed by atoms with Crippen molar-refractivity contribution in [2.24, 2.45) is 5.73 Å². The number of benzene rings is 1. The second-order valence-corrected chi connectivity index (χ2v) is 2.84.